The molecule has 0 unspecified atom stereocenters. The third kappa shape index (κ3) is 2.52. The van der Waals surface area contributed by atoms with Crippen LogP contribution in [0.1, 0.15) is 23.2 Å². The number of aromatic carboxylic acids is 1. The van der Waals surface area contributed by atoms with E-state index in [2.05, 4.69) is 4.98 Å². The van der Waals surface area contributed by atoms with E-state index in [0.29, 0.717) is 6.54 Å². The molecule has 1 aliphatic rings. The van der Waals surface area contributed by atoms with E-state index < -0.39 is 11.8 Å². The van der Waals surface area contributed by atoms with Gasteiger partial charge in [0.15, 0.2) is 0 Å². The highest BCUT2D eigenvalue weighted by Gasteiger charge is 2.32. The minimum absolute atomic E-state index is 0.0887. The third-order valence-corrected chi connectivity index (χ3v) is 2.66. The normalized spacial score (nSPS) is 14.7. The van der Waals surface area contributed by atoms with Gasteiger partial charge in [-0.2, -0.15) is 0 Å². The molecule has 1 aromatic rings. The van der Waals surface area contributed by atoms with Gasteiger partial charge in [0.1, 0.15) is 17.2 Å². The number of carboxylic acid groups (broad SMARTS) is 1. The number of carboxylic acids is 1. The van der Waals surface area contributed by atoms with E-state index in [1.165, 1.54) is 0 Å². The lowest BCUT2D eigenvalue weighted by molar-refractivity contribution is 0.0696. The Morgan fingerprint density at radius 1 is 1.59 bits per heavy atom. The third-order valence-electron chi connectivity index (χ3n) is 2.66. The molecule has 2 rings (SSSR count). The molecule has 0 bridgehead atoms. The average molecular weight is 240 g/mol. The molecule has 0 atom stereocenters. The highest BCUT2D eigenvalue weighted by atomic mass is 19.1. The summed E-state index contributed by atoms with van der Waals surface area (Å²) in [5.74, 6) is -1.66. The van der Waals surface area contributed by atoms with Crippen molar-refractivity contribution in [2.24, 2.45) is 0 Å². The van der Waals surface area contributed by atoms with Crippen LogP contribution in [0.4, 0.5) is 10.2 Å². The van der Waals surface area contributed by atoms with Crippen LogP contribution in [0, 0.1) is 5.82 Å². The predicted molar refractivity (Wildman–Crippen MR) is 58.6 cm³/mol. The van der Waals surface area contributed by atoms with Crippen molar-refractivity contribution in [3.8, 4) is 0 Å². The number of aliphatic hydroxyl groups excluding tert-OH is 1. The first kappa shape index (κ1) is 11.8. The first-order valence-corrected chi connectivity index (χ1v) is 5.40. The van der Waals surface area contributed by atoms with Gasteiger partial charge in [-0.05, 0) is 18.9 Å². The number of hydrogen-bond donors (Lipinski definition) is 2. The number of aliphatic hydroxyl groups is 1. The van der Waals surface area contributed by atoms with Crippen molar-refractivity contribution in [2.75, 3.05) is 18.1 Å². The molecule has 1 aromatic heterocycles. The number of nitrogens with zero attached hydrogens (tertiary/aromatic N) is 2. The molecular weight excluding hydrogens is 227 g/mol. The predicted octanol–water partition coefficient (Wildman–Crippen LogP) is 0.880. The second kappa shape index (κ2) is 4.67. The van der Waals surface area contributed by atoms with Crippen LogP contribution in [0.15, 0.2) is 12.3 Å². The summed E-state index contributed by atoms with van der Waals surface area (Å²) in [6, 6.07) is 1.16. The minimum Gasteiger partial charge on any atom is -0.478 e. The van der Waals surface area contributed by atoms with Gasteiger partial charge < -0.3 is 15.1 Å². The van der Waals surface area contributed by atoms with Crippen molar-refractivity contribution in [3.63, 3.8) is 0 Å². The largest absolute Gasteiger partial charge is 0.478 e. The standard InChI is InChI=1S/C11H13FN2O3/c12-7-5-9(11(16)17)10(13-6-7)14(3-4-15)8-1-2-8/h5-6,8,15H,1-4H2,(H,16,17). The van der Waals surface area contributed by atoms with E-state index in [1.54, 1.807) is 4.90 Å². The summed E-state index contributed by atoms with van der Waals surface area (Å²) >= 11 is 0. The maximum atomic E-state index is 13.0. The number of rotatable bonds is 5. The quantitative estimate of drug-likeness (QED) is 0.799. The van der Waals surface area contributed by atoms with Crippen molar-refractivity contribution >= 4 is 11.8 Å². The van der Waals surface area contributed by atoms with Crippen molar-refractivity contribution < 1.29 is 19.4 Å². The highest BCUT2D eigenvalue weighted by Crippen LogP contribution is 2.32. The van der Waals surface area contributed by atoms with Gasteiger partial charge in [0, 0.05) is 12.6 Å². The Balaban J connectivity index is 2.37. The monoisotopic (exact) mass is 240 g/mol. The molecule has 1 aliphatic carbocycles. The number of anilines is 1. The fourth-order valence-electron chi connectivity index (χ4n) is 1.77. The fourth-order valence-corrected chi connectivity index (χ4v) is 1.77. The summed E-state index contributed by atoms with van der Waals surface area (Å²) in [5, 5.41) is 18.0. The Hall–Kier alpha value is -1.69. The van der Waals surface area contributed by atoms with E-state index in [4.69, 9.17) is 10.2 Å². The molecule has 0 saturated heterocycles. The summed E-state index contributed by atoms with van der Waals surface area (Å²) in [6.07, 6.45) is 2.88. The number of halogens is 1. The first-order valence-electron chi connectivity index (χ1n) is 5.40. The number of aromatic nitrogens is 1. The zero-order valence-corrected chi connectivity index (χ0v) is 9.14. The number of pyridine rings is 1. The summed E-state index contributed by atoms with van der Waals surface area (Å²) in [5.41, 5.74) is -0.162. The van der Waals surface area contributed by atoms with Gasteiger partial charge in [0.2, 0.25) is 0 Å². The lowest BCUT2D eigenvalue weighted by atomic mass is 10.2. The molecule has 0 spiro atoms. The topological polar surface area (TPSA) is 73.7 Å². The molecule has 2 N–H and O–H groups in total. The van der Waals surface area contributed by atoms with Gasteiger partial charge >= 0.3 is 5.97 Å². The lowest BCUT2D eigenvalue weighted by Gasteiger charge is -2.23. The van der Waals surface area contributed by atoms with E-state index in [-0.39, 0.29) is 24.0 Å². The van der Waals surface area contributed by atoms with Crippen molar-refractivity contribution in [1.82, 2.24) is 4.98 Å². The zero-order chi connectivity index (χ0) is 12.4. The average Bonchev–Trinajstić information content (AvgIpc) is 3.10. The van der Waals surface area contributed by atoms with E-state index in [9.17, 15) is 9.18 Å². The Morgan fingerprint density at radius 3 is 2.82 bits per heavy atom. The van der Waals surface area contributed by atoms with E-state index in [0.717, 1.165) is 25.1 Å². The van der Waals surface area contributed by atoms with E-state index in [1.807, 2.05) is 0 Å². The Labute approximate surface area is 97.5 Å². The van der Waals surface area contributed by atoms with Crippen molar-refractivity contribution in [3.05, 3.63) is 23.6 Å². The summed E-state index contributed by atoms with van der Waals surface area (Å²) < 4.78 is 13.0. The van der Waals surface area contributed by atoms with Gasteiger partial charge in [-0.25, -0.2) is 14.2 Å². The van der Waals surface area contributed by atoms with Gasteiger partial charge in [-0.15, -0.1) is 0 Å². The Kier molecular flexibility index (Phi) is 3.23. The Bertz CT molecular complexity index is 435. The lowest BCUT2D eigenvalue weighted by Crippen LogP contribution is -2.31. The van der Waals surface area contributed by atoms with Crippen LogP contribution in [0.25, 0.3) is 0 Å². The van der Waals surface area contributed by atoms with Crippen LogP contribution in [-0.2, 0) is 0 Å². The molecule has 0 amide bonds. The maximum absolute atomic E-state index is 13.0. The van der Waals surface area contributed by atoms with Crippen molar-refractivity contribution in [1.29, 1.82) is 0 Å². The van der Waals surface area contributed by atoms with Crippen LogP contribution in [0.5, 0.6) is 0 Å². The molecule has 0 aromatic carbocycles. The summed E-state index contributed by atoms with van der Waals surface area (Å²) in [4.78, 5) is 16.6. The zero-order valence-electron chi connectivity index (χ0n) is 9.14. The van der Waals surface area contributed by atoms with Gasteiger partial charge in [-0.1, -0.05) is 0 Å². The van der Waals surface area contributed by atoms with E-state index >= 15 is 0 Å². The molecular formula is C11H13FN2O3. The minimum atomic E-state index is -1.21. The molecule has 1 fully saturated rings. The van der Waals surface area contributed by atoms with Crippen LogP contribution >= 0.6 is 0 Å². The SMILES string of the molecule is O=C(O)c1cc(F)cnc1N(CCO)C1CC1. The molecule has 1 heterocycles. The van der Waals surface area contributed by atoms with Crippen LogP contribution in [0.2, 0.25) is 0 Å². The maximum Gasteiger partial charge on any atom is 0.339 e. The van der Waals surface area contributed by atoms with Crippen LogP contribution in [-0.4, -0.2) is 40.4 Å². The van der Waals surface area contributed by atoms with Crippen LogP contribution < -0.4 is 4.90 Å². The molecule has 1 saturated carbocycles. The molecule has 17 heavy (non-hydrogen) atoms. The fraction of sp³-hybridized carbons (Fsp3) is 0.455. The second-order valence-corrected chi connectivity index (χ2v) is 3.98. The molecule has 0 aliphatic heterocycles. The van der Waals surface area contributed by atoms with Gasteiger partial charge in [0.05, 0.1) is 12.8 Å². The second-order valence-electron chi connectivity index (χ2n) is 3.98. The summed E-state index contributed by atoms with van der Waals surface area (Å²) in [7, 11) is 0. The molecule has 5 nitrogen and oxygen atoms in total. The van der Waals surface area contributed by atoms with Crippen molar-refractivity contribution in [2.45, 2.75) is 18.9 Å². The smallest absolute Gasteiger partial charge is 0.339 e. The molecule has 6 heteroatoms. The molecule has 0 radical (unpaired) electrons. The van der Waals surface area contributed by atoms with Gasteiger partial charge in [-0.3, -0.25) is 0 Å². The summed E-state index contributed by atoms with van der Waals surface area (Å²) in [6.45, 7) is 0.220. The van der Waals surface area contributed by atoms with Crippen LogP contribution in [0.3, 0.4) is 0 Å². The Morgan fingerprint density at radius 2 is 2.29 bits per heavy atom. The molecule has 92 valence electrons. The van der Waals surface area contributed by atoms with Gasteiger partial charge in [0.25, 0.3) is 0 Å². The number of hydrogen-bond acceptors (Lipinski definition) is 4. The number of carbonyl (C=O) groups is 1. The highest BCUT2D eigenvalue weighted by molar-refractivity contribution is 5.93. The first-order chi connectivity index (χ1) is 8.13.